The molecule has 0 saturated carbocycles. The Kier molecular flexibility index (Phi) is 6.37. The monoisotopic (exact) mass is 429 g/mol. The predicted octanol–water partition coefficient (Wildman–Crippen LogP) is 5.26. The number of nitrogens with zero attached hydrogens (tertiary/aromatic N) is 4. The van der Waals surface area contributed by atoms with Gasteiger partial charge in [0.1, 0.15) is 11.6 Å². The van der Waals surface area contributed by atoms with Crippen molar-refractivity contribution in [1.82, 2.24) is 14.5 Å². The van der Waals surface area contributed by atoms with Crippen molar-refractivity contribution in [3.63, 3.8) is 0 Å². The second-order valence-corrected chi connectivity index (χ2v) is 7.28. The average molecular weight is 429 g/mol. The molecule has 32 heavy (non-hydrogen) atoms. The van der Waals surface area contributed by atoms with Crippen LogP contribution in [0.25, 0.3) is 34.2 Å². The van der Waals surface area contributed by atoms with Gasteiger partial charge < -0.3 is 14.6 Å². The van der Waals surface area contributed by atoms with Crippen molar-refractivity contribution in [3.8, 4) is 17.2 Å². The summed E-state index contributed by atoms with van der Waals surface area (Å²) in [6.45, 7) is 6.83. The number of aromatic nitrogens is 3. The third-order valence-corrected chi connectivity index (χ3v) is 5.10. The van der Waals surface area contributed by atoms with Gasteiger partial charge in [-0.15, -0.1) is 0 Å². The highest BCUT2D eigenvalue weighted by molar-refractivity contribution is 5.90. The maximum Gasteiger partial charge on any atom is 0.162 e. The van der Waals surface area contributed by atoms with Crippen molar-refractivity contribution in [3.05, 3.63) is 78.0 Å². The van der Waals surface area contributed by atoms with Gasteiger partial charge in [0.25, 0.3) is 0 Å². The standard InChI is InChI=1S/C25H24FN5O/c1-17-10-13-31(23(17)9-11-27-2)25-21-16-20(28-12-14-32-3)7-8-22(21)29-24(30-25)18-5-4-6-19(26)15-18/h4-11,13,15-16,28H,2,12,14H2,1,3H3/b11-9-. The van der Waals surface area contributed by atoms with Gasteiger partial charge in [-0.3, -0.25) is 4.99 Å². The Hall–Kier alpha value is -3.84. The van der Waals surface area contributed by atoms with Crippen LogP contribution in [0.5, 0.6) is 0 Å². The molecule has 162 valence electrons. The highest BCUT2D eigenvalue weighted by Gasteiger charge is 2.15. The van der Waals surface area contributed by atoms with Crippen molar-refractivity contribution in [2.24, 2.45) is 4.99 Å². The summed E-state index contributed by atoms with van der Waals surface area (Å²) in [6.07, 6.45) is 5.49. The van der Waals surface area contributed by atoms with E-state index in [2.05, 4.69) is 17.0 Å². The molecule has 0 aliphatic rings. The lowest BCUT2D eigenvalue weighted by Crippen LogP contribution is -2.08. The summed E-state index contributed by atoms with van der Waals surface area (Å²) in [5, 5.41) is 4.21. The number of aryl methyl sites for hydroxylation is 1. The molecule has 0 aliphatic carbocycles. The smallest absolute Gasteiger partial charge is 0.162 e. The topological polar surface area (TPSA) is 64.3 Å². The normalized spacial score (nSPS) is 11.3. The number of halogens is 1. The van der Waals surface area contributed by atoms with E-state index in [4.69, 9.17) is 14.7 Å². The summed E-state index contributed by atoms with van der Waals surface area (Å²) in [7, 11) is 1.67. The number of ether oxygens (including phenoxy) is 1. The number of hydrogen-bond donors (Lipinski definition) is 1. The molecule has 6 nitrogen and oxygen atoms in total. The van der Waals surface area contributed by atoms with Gasteiger partial charge in [-0.1, -0.05) is 12.1 Å². The SMILES string of the molecule is C=N/C=C\c1c(C)ccn1-c1nc(-c2cccc(F)c2)nc2ccc(NCCOC)cc12. The van der Waals surface area contributed by atoms with Crippen LogP contribution in [-0.2, 0) is 4.74 Å². The number of hydrogen-bond acceptors (Lipinski definition) is 5. The van der Waals surface area contributed by atoms with E-state index < -0.39 is 0 Å². The number of aliphatic imine (C=N–C) groups is 1. The van der Waals surface area contributed by atoms with E-state index in [1.807, 2.05) is 48.0 Å². The van der Waals surface area contributed by atoms with Gasteiger partial charge in [-0.05, 0) is 61.7 Å². The van der Waals surface area contributed by atoms with Gasteiger partial charge in [0.2, 0.25) is 0 Å². The van der Waals surface area contributed by atoms with Crippen molar-refractivity contribution < 1.29 is 9.13 Å². The lowest BCUT2D eigenvalue weighted by Gasteiger charge is -2.14. The van der Waals surface area contributed by atoms with Crippen LogP contribution in [0.3, 0.4) is 0 Å². The Morgan fingerprint density at radius 2 is 2.06 bits per heavy atom. The van der Waals surface area contributed by atoms with Crippen molar-refractivity contribution in [2.45, 2.75) is 6.92 Å². The van der Waals surface area contributed by atoms with E-state index in [0.29, 0.717) is 30.4 Å². The fourth-order valence-electron chi connectivity index (χ4n) is 3.52. The first kappa shape index (κ1) is 21.4. The maximum absolute atomic E-state index is 13.9. The van der Waals surface area contributed by atoms with Crippen LogP contribution in [0.15, 0.2) is 65.9 Å². The highest BCUT2D eigenvalue weighted by atomic mass is 19.1. The summed E-state index contributed by atoms with van der Waals surface area (Å²) in [5.74, 6) is 0.819. The average Bonchev–Trinajstić information content (AvgIpc) is 3.17. The molecular formula is C25H24FN5O. The van der Waals surface area contributed by atoms with E-state index in [1.165, 1.54) is 12.1 Å². The lowest BCUT2D eigenvalue weighted by molar-refractivity contribution is 0.211. The molecule has 0 spiro atoms. The molecule has 0 saturated heterocycles. The fraction of sp³-hybridized carbons (Fsp3) is 0.160. The minimum Gasteiger partial charge on any atom is -0.383 e. The minimum absolute atomic E-state index is 0.331. The Morgan fingerprint density at radius 3 is 2.84 bits per heavy atom. The van der Waals surface area contributed by atoms with Crippen LogP contribution < -0.4 is 5.32 Å². The number of rotatable bonds is 8. The Labute approximate surface area is 186 Å². The molecule has 0 bridgehead atoms. The third-order valence-electron chi connectivity index (χ3n) is 5.10. The molecular weight excluding hydrogens is 405 g/mol. The number of nitrogens with one attached hydrogen (secondary N) is 1. The highest BCUT2D eigenvalue weighted by Crippen LogP contribution is 2.29. The summed E-state index contributed by atoms with van der Waals surface area (Å²) in [4.78, 5) is 13.4. The number of methoxy groups -OCH3 is 1. The molecule has 7 heteroatoms. The quantitative estimate of drug-likeness (QED) is 0.306. The summed E-state index contributed by atoms with van der Waals surface area (Å²) in [6, 6.07) is 14.2. The third kappa shape index (κ3) is 4.43. The molecule has 1 N–H and O–H groups in total. The second kappa shape index (κ2) is 9.53. The lowest BCUT2D eigenvalue weighted by atomic mass is 10.1. The van der Waals surface area contributed by atoms with E-state index in [-0.39, 0.29) is 5.82 Å². The fourth-order valence-corrected chi connectivity index (χ4v) is 3.52. The molecule has 0 radical (unpaired) electrons. The molecule has 0 atom stereocenters. The largest absolute Gasteiger partial charge is 0.383 e. The number of fused-ring (bicyclic) bond motifs is 1. The van der Waals surface area contributed by atoms with Gasteiger partial charge in [0.15, 0.2) is 5.82 Å². The van der Waals surface area contributed by atoms with Gasteiger partial charge in [0.05, 0.1) is 17.8 Å². The minimum atomic E-state index is -0.331. The number of anilines is 1. The molecule has 2 aromatic carbocycles. The molecule has 0 fully saturated rings. The van der Waals surface area contributed by atoms with Gasteiger partial charge >= 0.3 is 0 Å². The summed E-state index contributed by atoms with van der Waals surface area (Å²) >= 11 is 0. The summed E-state index contributed by atoms with van der Waals surface area (Å²) < 4.78 is 21.0. The van der Waals surface area contributed by atoms with Gasteiger partial charge in [-0.25, -0.2) is 14.4 Å². The van der Waals surface area contributed by atoms with Crippen LogP contribution in [0, 0.1) is 12.7 Å². The zero-order chi connectivity index (χ0) is 22.5. The number of benzene rings is 2. The van der Waals surface area contributed by atoms with Crippen molar-refractivity contribution >= 4 is 29.4 Å². The van der Waals surface area contributed by atoms with Crippen LogP contribution in [-0.4, -0.2) is 41.5 Å². The van der Waals surface area contributed by atoms with E-state index in [9.17, 15) is 4.39 Å². The molecule has 0 amide bonds. The van der Waals surface area contributed by atoms with E-state index in [1.54, 1.807) is 25.4 Å². The van der Waals surface area contributed by atoms with Gasteiger partial charge in [-0.2, -0.15) is 0 Å². The van der Waals surface area contributed by atoms with E-state index >= 15 is 0 Å². The molecule has 2 aromatic heterocycles. The Bertz CT molecular complexity index is 1290. The maximum atomic E-state index is 13.9. The Morgan fingerprint density at radius 1 is 1.19 bits per heavy atom. The molecule has 0 unspecified atom stereocenters. The van der Waals surface area contributed by atoms with Crippen LogP contribution in [0.2, 0.25) is 0 Å². The van der Waals surface area contributed by atoms with Crippen LogP contribution >= 0.6 is 0 Å². The first-order chi connectivity index (χ1) is 15.6. The predicted molar refractivity (Wildman–Crippen MR) is 128 cm³/mol. The van der Waals surface area contributed by atoms with Crippen molar-refractivity contribution in [1.29, 1.82) is 0 Å². The zero-order valence-electron chi connectivity index (χ0n) is 18.0. The van der Waals surface area contributed by atoms with Crippen LogP contribution in [0.4, 0.5) is 10.1 Å². The van der Waals surface area contributed by atoms with E-state index in [0.717, 1.165) is 27.8 Å². The van der Waals surface area contributed by atoms with Crippen molar-refractivity contribution in [2.75, 3.05) is 25.6 Å². The first-order valence-electron chi connectivity index (χ1n) is 10.2. The Balaban J connectivity index is 1.93. The molecule has 2 heterocycles. The molecule has 4 rings (SSSR count). The second-order valence-electron chi connectivity index (χ2n) is 7.28. The molecule has 4 aromatic rings. The first-order valence-corrected chi connectivity index (χ1v) is 10.2. The zero-order valence-corrected chi connectivity index (χ0v) is 18.0. The summed E-state index contributed by atoms with van der Waals surface area (Å²) in [5.41, 5.74) is 4.31. The molecule has 0 aliphatic heterocycles. The van der Waals surface area contributed by atoms with Crippen LogP contribution in [0.1, 0.15) is 11.3 Å². The van der Waals surface area contributed by atoms with Gasteiger partial charge in [0, 0.05) is 42.7 Å².